The minimum Gasteiger partial charge on any atom is -0.350 e. The fourth-order valence-electron chi connectivity index (χ4n) is 4.01. The Morgan fingerprint density at radius 1 is 1.18 bits per heavy atom. The number of hydrogen-bond donors (Lipinski definition) is 2. The number of Topliss-reactive ketones (excluding diaryl/α,β-unsaturated/α-hetero) is 1. The lowest BCUT2D eigenvalue weighted by Crippen LogP contribution is -3.10. The van der Waals surface area contributed by atoms with Crippen LogP contribution in [0.3, 0.4) is 0 Å². The van der Waals surface area contributed by atoms with Crippen molar-refractivity contribution in [3.63, 3.8) is 0 Å². The molecule has 0 bridgehead atoms. The molecular formula is C20H30N3O4S+. The molecule has 154 valence electrons. The van der Waals surface area contributed by atoms with Crippen LogP contribution in [0.2, 0.25) is 0 Å². The first-order valence-electron chi connectivity index (χ1n) is 10.1. The van der Waals surface area contributed by atoms with Crippen LogP contribution in [0, 0.1) is 5.92 Å². The number of ketones is 1. The summed E-state index contributed by atoms with van der Waals surface area (Å²) >= 11 is 0. The van der Waals surface area contributed by atoms with E-state index in [-0.39, 0.29) is 22.5 Å². The van der Waals surface area contributed by atoms with Crippen molar-refractivity contribution in [3.05, 3.63) is 29.8 Å². The number of nitrogens with one attached hydrogen (secondary N) is 2. The summed E-state index contributed by atoms with van der Waals surface area (Å²) in [6.07, 6.45) is 3.58. The first kappa shape index (κ1) is 21.0. The minimum absolute atomic E-state index is 0.0363. The molecule has 0 unspecified atom stereocenters. The Bertz CT molecular complexity index is 810. The second-order valence-electron chi connectivity index (χ2n) is 7.76. The highest BCUT2D eigenvalue weighted by atomic mass is 32.2. The van der Waals surface area contributed by atoms with E-state index in [0.717, 1.165) is 6.54 Å². The number of benzene rings is 1. The molecule has 0 atom stereocenters. The van der Waals surface area contributed by atoms with Gasteiger partial charge in [-0.1, -0.05) is 12.1 Å². The predicted molar refractivity (Wildman–Crippen MR) is 106 cm³/mol. The second kappa shape index (κ2) is 9.15. The molecule has 0 aromatic heterocycles. The summed E-state index contributed by atoms with van der Waals surface area (Å²) in [5, 5.41) is 3.02. The third kappa shape index (κ3) is 4.98. The van der Waals surface area contributed by atoms with Crippen LogP contribution in [0.15, 0.2) is 29.2 Å². The van der Waals surface area contributed by atoms with Gasteiger partial charge in [-0.2, -0.15) is 4.31 Å². The molecule has 2 saturated heterocycles. The van der Waals surface area contributed by atoms with Crippen LogP contribution in [-0.4, -0.2) is 63.7 Å². The lowest BCUT2D eigenvalue weighted by Gasteiger charge is -2.30. The molecule has 28 heavy (non-hydrogen) atoms. The van der Waals surface area contributed by atoms with Gasteiger partial charge in [0.05, 0.1) is 31.1 Å². The summed E-state index contributed by atoms with van der Waals surface area (Å²) in [6, 6.07) is 6.15. The van der Waals surface area contributed by atoms with Crippen molar-refractivity contribution in [2.75, 3.05) is 39.3 Å². The Balaban J connectivity index is 1.51. The molecule has 2 N–H and O–H groups in total. The third-order valence-corrected chi connectivity index (χ3v) is 7.69. The highest BCUT2D eigenvalue weighted by Gasteiger charge is 2.32. The van der Waals surface area contributed by atoms with E-state index in [0.29, 0.717) is 38.0 Å². The van der Waals surface area contributed by atoms with E-state index in [4.69, 9.17) is 0 Å². The van der Waals surface area contributed by atoms with Gasteiger partial charge >= 0.3 is 0 Å². The number of rotatable bonds is 7. The highest BCUT2D eigenvalue weighted by Crippen LogP contribution is 2.24. The van der Waals surface area contributed by atoms with Crippen LogP contribution in [0.4, 0.5) is 0 Å². The van der Waals surface area contributed by atoms with E-state index in [1.54, 1.807) is 17.0 Å². The Morgan fingerprint density at radius 3 is 2.50 bits per heavy atom. The Hall–Kier alpha value is -1.77. The van der Waals surface area contributed by atoms with Gasteiger partial charge in [0.25, 0.3) is 0 Å². The van der Waals surface area contributed by atoms with Gasteiger partial charge in [-0.25, -0.2) is 8.42 Å². The van der Waals surface area contributed by atoms with Crippen molar-refractivity contribution in [3.8, 4) is 0 Å². The van der Waals surface area contributed by atoms with Gasteiger partial charge in [0, 0.05) is 37.4 Å². The van der Waals surface area contributed by atoms with Crippen LogP contribution in [0.1, 0.15) is 43.0 Å². The zero-order valence-electron chi connectivity index (χ0n) is 16.4. The van der Waals surface area contributed by atoms with Gasteiger partial charge in [-0.15, -0.1) is 0 Å². The quantitative estimate of drug-likeness (QED) is 0.626. The van der Waals surface area contributed by atoms with Crippen molar-refractivity contribution < 1.29 is 22.9 Å². The lowest BCUT2D eigenvalue weighted by atomic mass is 9.97. The van der Waals surface area contributed by atoms with E-state index in [2.05, 4.69) is 5.32 Å². The summed E-state index contributed by atoms with van der Waals surface area (Å²) in [5.74, 6) is -0.263. The molecule has 1 amide bonds. The largest absolute Gasteiger partial charge is 0.350 e. The number of amides is 1. The SMILES string of the molecule is CC(=O)c1cccc(S(=O)(=O)N2CCC(C(=O)NCC[NH+]3CCCC3)CC2)c1. The van der Waals surface area contributed by atoms with Crippen molar-refractivity contribution in [1.82, 2.24) is 9.62 Å². The fourth-order valence-corrected chi connectivity index (χ4v) is 5.53. The first-order chi connectivity index (χ1) is 13.4. The molecule has 3 rings (SSSR count). The van der Waals surface area contributed by atoms with Crippen molar-refractivity contribution in [1.29, 1.82) is 0 Å². The smallest absolute Gasteiger partial charge is 0.243 e. The maximum Gasteiger partial charge on any atom is 0.243 e. The van der Waals surface area contributed by atoms with Crippen molar-refractivity contribution >= 4 is 21.7 Å². The number of likely N-dealkylation sites (tertiary alicyclic amines) is 1. The van der Waals surface area contributed by atoms with Crippen molar-refractivity contribution in [2.45, 2.75) is 37.5 Å². The number of carbonyl (C=O) groups is 2. The molecule has 1 aromatic rings. The molecule has 7 nitrogen and oxygen atoms in total. The summed E-state index contributed by atoms with van der Waals surface area (Å²) in [4.78, 5) is 25.6. The zero-order chi connectivity index (χ0) is 20.1. The number of hydrogen-bond acceptors (Lipinski definition) is 4. The molecule has 1 aromatic carbocycles. The maximum absolute atomic E-state index is 12.9. The van der Waals surface area contributed by atoms with E-state index < -0.39 is 10.0 Å². The predicted octanol–water partition coefficient (Wildman–Crippen LogP) is 0.0848. The molecule has 2 fully saturated rings. The standard InChI is InChI=1S/C20H29N3O4S/c1-16(24)18-5-4-6-19(15-18)28(26,27)23-12-7-17(8-13-23)20(25)21-9-14-22-10-2-3-11-22/h4-6,15,17H,2-3,7-14H2,1H3,(H,21,25)/p+1. The Kier molecular flexibility index (Phi) is 6.85. The monoisotopic (exact) mass is 408 g/mol. The molecule has 0 radical (unpaired) electrons. The third-order valence-electron chi connectivity index (χ3n) is 5.79. The van der Waals surface area contributed by atoms with Gasteiger partial charge in [0.1, 0.15) is 0 Å². The second-order valence-corrected chi connectivity index (χ2v) is 9.70. The van der Waals surface area contributed by atoms with Gasteiger partial charge in [-0.05, 0) is 31.9 Å². The Labute approximate surface area is 167 Å². The molecule has 2 heterocycles. The summed E-state index contributed by atoms with van der Waals surface area (Å²) < 4.78 is 27.2. The van der Waals surface area contributed by atoms with Crippen LogP contribution in [0.5, 0.6) is 0 Å². The lowest BCUT2D eigenvalue weighted by molar-refractivity contribution is -0.886. The maximum atomic E-state index is 12.9. The molecule has 0 aliphatic carbocycles. The number of quaternary nitrogens is 1. The Morgan fingerprint density at radius 2 is 1.86 bits per heavy atom. The fraction of sp³-hybridized carbons (Fsp3) is 0.600. The summed E-state index contributed by atoms with van der Waals surface area (Å²) in [5.41, 5.74) is 0.385. The van der Waals surface area contributed by atoms with E-state index in [9.17, 15) is 18.0 Å². The number of sulfonamides is 1. The summed E-state index contributed by atoms with van der Waals surface area (Å²) in [7, 11) is -3.65. The van der Waals surface area contributed by atoms with E-state index in [1.165, 1.54) is 49.3 Å². The zero-order valence-corrected chi connectivity index (χ0v) is 17.3. The number of nitrogens with zero attached hydrogens (tertiary/aromatic N) is 1. The van der Waals surface area contributed by atoms with Gasteiger partial charge in [-0.3, -0.25) is 9.59 Å². The van der Waals surface area contributed by atoms with E-state index in [1.807, 2.05) is 0 Å². The van der Waals surface area contributed by atoms with Gasteiger partial charge < -0.3 is 10.2 Å². The first-order valence-corrected chi connectivity index (χ1v) is 11.5. The average molecular weight is 409 g/mol. The molecule has 0 saturated carbocycles. The molecule has 2 aliphatic rings. The van der Waals surface area contributed by atoms with Gasteiger partial charge in [0.2, 0.25) is 15.9 Å². The molecule has 0 spiro atoms. The topological polar surface area (TPSA) is 88.0 Å². The molecule has 8 heteroatoms. The number of carbonyl (C=O) groups excluding carboxylic acids is 2. The van der Waals surface area contributed by atoms with Crippen LogP contribution in [0.25, 0.3) is 0 Å². The highest BCUT2D eigenvalue weighted by molar-refractivity contribution is 7.89. The van der Waals surface area contributed by atoms with Crippen LogP contribution < -0.4 is 10.2 Å². The minimum atomic E-state index is -3.65. The van der Waals surface area contributed by atoms with Gasteiger partial charge in [0.15, 0.2) is 5.78 Å². The molecule has 2 aliphatic heterocycles. The van der Waals surface area contributed by atoms with Crippen LogP contribution >= 0.6 is 0 Å². The number of piperidine rings is 1. The van der Waals surface area contributed by atoms with Crippen molar-refractivity contribution in [2.24, 2.45) is 5.92 Å². The summed E-state index contributed by atoms with van der Waals surface area (Å²) in [6.45, 7) is 6.09. The molecular weight excluding hydrogens is 378 g/mol. The van der Waals surface area contributed by atoms with Crippen LogP contribution in [-0.2, 0) is 14.8 Å². The average Bonchev–Trinajstić information content (AvgIpc) is 3.21. The van der Waals surface area contributed by atoms with E-state index >= 15 is 0 Å². The normalized spacial score (nSPS) is 19.6.